The molecule has 3 rings (SSSR count). The Morgan fingerprint density at radius 3 is 2.77 bits per heavy atom. The molecule has 2 fully saturated rings. The van der Waals surface area contributed by atoms with Crippen molar-refractivity contribution in [2.75, 3.05) is 13.1 Å². The largest absolute Gasteiger partial charge is 0.371 e. The third kappa shape index (κ3) is 7.26. The van der Waals surface area contributed by atoms with Gasteiger partial charge < -0.3 is 20.3 Å². The zero-order valence-corrected chi connectivity index (χ0v) is 20.8. The molecular weight excluding hydrogens is 475 g/mol. The Kier molecular flexibility index (Phi) is 8.51. The first-order chi connectivity index (χ1) is 16.5. The van der Waals surface area contributed by atoms with Crippen LogP contribution in [-0.2, 0) is 19.1 Å². The Hall–Kier alpha value is -2.96. The highest BCUT2D eigenvalue weighted by Gasteiger charge is 2.41. The fraction of sp³-hybridized carbons (Fsp3) is 0.520. The molecule has 2 saturated heterocycles. The summed E-state index contributed by atoms with van der Waals surface area (Å²) in [6.07, 6.45) is 3.20. The standard InChI is InChI=1S/C25H30ClFN4O4/c1-25(2,3)35-19-12-21(24(34)30-18(13-28)10-16-8-9-29-23(16)33)31(14-19)22(32)7-5-15-4-6-17(26)11-20(15)27/h4-7,11,16,18-19,21H,8-10,12,14H2,1-3H3,(H,29,33)(H,30,34)/b7-5+/t16-,18-,19+,21-/m0/s1. The van der Waals surface area contributed by atoms with Crippen molar-refractivity contribution in [2.45, 2.75) is 63.8 Å². The summed E-state index contributed by atoms with van der Waals surface area (Å²) in [5.41, 5.74) is -0.303. The first kappa shape index (κ1) is 26.6. The lowest BCUT2D eigenvalue weighted by atomic mass is 9.98. The third-order valence-electron chi connectivity index (χ3n) is 5.89. The fourth-order valence-corrected chi connectivity index (χ4v) is 4.49. The molecule has 10 heteroatoms. The minimum absolute atomic E-state index is 0.129. The van der Waals surface area contributed by atoms with Gasteiger partial charge in [0.1, 0.15) is 17.9 Å². The average molecular weight is 505 g/mol. The Bertz CT molecular complexity index is 1050. The van der Waals surface area contributed by atoms with Gasteiger partial charge in [-0.05, 0) is 51.8 Å². The number of halogens is 2. The molecule has 0 aromatic heterocycles. The van der Waals surface area contributed by atoms with E-state index < -0.39 is 41.4 Å². The number of amides is 3. The monoisotopic (exact) mass is 504 g/mol. The van der Waals surface area contributed by atoms with Crippen molar-refractivity contribution in [3.8, 4) is 6.07 Å². The predicted molar refractivity (Wildman–Crippen MR) is 128 cm³/mol. The molecule has 2 aliphatic rings. The summed E-state index contributed by atoms with van der Waals surface area (Å²) in [6, 6.07) is 4.42. The number of rotatable bonds is 7. The van der Waals surface area contributed by atoms with E-state index >= 15 is 0 Å². The van der Waals surface area contributed by atoms with E-state index in [1.54, 1.807) is 0 Å². The van der Waals surface area contributed by atoms with Crippen molar-refractivity contribution in [3.05, 3.63) is 40.7 Å². The molecule has 3 amide bonds. The lowest BCUT2D eigenvalue weighted by Crippen LogP contribution is -2.48. The number of hydrogen-bond acceptors (Lipinski definition) is 5. The highest BCUT2D eigenvalue weighted by atomic mass is 35.5. The third-order valence-corrected chi connectivity index (χ3v) is 6.13. The summed E-state index contributed by atoms with van der Waals surface area (Å²) in [5.74, 6) is -2.01. The maximum Gasteiger partial charge on any atom is 0.247 e. The van der Waals surface area contributed by atoms with E-state index in [1.807, 2.05) is 26.8 Å². The summed E-state index contributed by atoms with van der Waals surface area (Å²) < 4.78 is 20.1. The van der Waals surface area contributed by atoms with Gasteiger partial charge in [0.05, 0.1) is 17.8 Å². The molecule has 188 valence electrons. The topological polar surface area (TPSA) is 112 Å². The first-order valence-corrected chi connectivity index (χ1v) is 11.9. The second-order valence-electron chi connectivity index (χ2n) is 9.80. The molecule has 8 nitrogen and oxygen atoms in total. The van der Waals surface area contributed by atoms with Crippen LogP contribution in [0.5, 0.6) is 0 Å². The van der Waals surface area contributed by atoms with E-state index in [0.717, 1.165) is 6.07 Å². The molecule has 2 N–H and O–H groups in total. The molecule has 4 atom stereocenters. The van der Waals surface area contributed by atoms with Crippen molar-refractivity contribution >= 4 is 35.4 Å². The van der Waals surface area contributed by atoms with Crippen LogP contribution in [0.25, 0.3) is 6.08 Å². The summed E-state index contributed by atoms with van der Waals surface area (Å²) in [6.45, 7) is 6.37. The normalized spacial score (nSPS) is 23.3. The van der Waals surface area contributed by atoms with E-state index in [-0.39, 0.29) is 41.8 Å². The molecule has 0 bridgehead atoms. The fourth-order valence-electron chi connectivity index (χ4n) is 4.33. The number of hydrogen-bond donors (Lipinski definition) is 2. The smallest absolute Gasteiger partial charge is 0.247 e. The number of nitrogens with zero attached hydrogens (tertiary/aromatic N) is 2. The second kappa shape index (κ2) is 11.2. The van der Waals surface area contributed by atoms with E-state index in [0.29, 0.717) is 13.0 Å². The number of likely N-dealkylation sites (tertiary alicyclic amines) is 1. The highest BCUT2D eigenvalue weighted by molar-refractivity contribution is 6.30. The molecule has 35 heavy (non-hydrogen) atoms. The van der Waals surface area contributed by atoms with Crippen LogP contribution in [0.1, 0.15) is 45.6 Å². The van der Waals surface area contributed by atoms with Crippen LogP contribution in [0.2, 0.25) is 5.02 Å². The van der Waals surface area contributed by atoms with Crippen LogP contribution in [0.15, 0.2) is 24.3 Å². The molecule has 0 spiro atoms. The number of nitriles is 1. The zero-order chi connectivity index (χ0) is 25.8. The molecule has 2 heterocycles. The summed E-state index contributed by atoms with van der Waals surface area (Å²) >= 11 is 5.78. The van der Waals surface area contributed by atoms with Gasteiger partial charge in [0, 0.05) is 42.1 Å². The number of nitrogens with one attached hydrogen (secondary N) is 2. The van der Waals surface area contributed by atoms with Crippen LogP contribution in [0.4, 0.5) is 4.39 Å². The van der Waals surface area contributed by atoms with Crippen molar-refractivity contribution in [3.63, 3.8) is 0 Å². The van der Waals surface area contributed by atoms with Crippen molar-refractivity contribution < 1.29 is 23.5 Å². The lowest BCUT2D eigenvalue weighted by Gasteiger charge is -2.25. The maximum absolute atomic E-state index is 14.1. The summed E-state index contributed by atoms with van der Waals surface area (Å²) in [4.78, 5) is 39.4. The van der Waals surface area contributed by atoms with E-state index in [1.165, 1.54) is 29.2 Å². The second-order valence-corrected chi connectivity index (χ2v) is 10.2. The molecule has 0 unspecified atom stereocenters. The number of ether oxygens (including phenoxy) is 1. The minimum Gasteiger partial charge on any atom is -0.371 e. The molecule has 0 aliphatic carbocycles. The van der Waals surface area contributed by atoms with Gasteiger partial charge in [0.2, 0.25) is 17.7 Å². The Morgan fingerprint density at radius 1 is 1.43 bits per heavy atom. The highest BCUT2D eigenvalue weighted by Crippen LogP contribution is 2.26. The van der Waals surface area contributed by atoms with Crippen LogP contribution in [0.3, 0.4) is 0 Å². The number of carbonyl (C=O) groups excluding carboxylic acids is 3. The van der Waals surface area contributed by atoms with Crippen molar-refractivity contribution in [1.82, 2.24) is 15.5 Å². The van der Waals surface area contributed by atoms with Crippen LogP contribution >= 0.6 is 11.6 Å². The van der Waals surface area contributed by atoms with Gasteiger partial charge in [-0.2, -0.15) is 5.26 Å². The van der Waals surface area contributed by atoms with Gasteiger partial charge in [0.15, 0.2) is 0 Å². The van der Waals surface area contributed by atoms with E-state index in [2.05, 4.69) is 10.6 Å². The van der Waals surface area contributed by atoms with E-state index in [9.17, 15) is 24.0 Å². The predicted octanol–water partition coefficient (Wildman–Crippen LogP) is 2.81. The number of benzene rings is 1. The van der Waals surface area contributed by atoms with Crippen molar-refractivity contribution in [1.29, 1.82) is 5.26 Å². The van der Waals surface area contributed by atoms with Crippen molar-refractivity contribution in [2.24, 2.45) is 5.92 Å². The number of carbonyl (C=O) groups is 3. The Labute approximate surface area is 209 Å². The molecule has 0 radical (unpaired) electrons. The van der Waals surface area contributed by atoms with Gasteiger partial charge >= 0.3 is 0 Å². The molecule has 1 aromatic carbocycles. The van der Waals surface area contributed by atoms with Gasteiger partial charge in [-0.15, -0.1) is 0 Å². The molecule has 0 saturated carbocycles. The quantitative estimate of drug-likeness (QED) is 0.555. The zero-order valence-electron chi connectivity index (χ0n) is 20.0. The SMILES string of the molecule is CC(C)(C)O[C@@H]1C[C@@H](C(=O)N[C@H](C#N)C[C@@H]2CCNC2=O)N(C(=O)/C=C/c2ccc(Cl)cc2F)C1. The Balaban J connectivity index is 1.74. The van der Waals surface area contributed by atoms with Crippen LogP contribution < -0.4 is 10.6 Å². The summed E-state index contributed by atoms with van der Waals surface area (Å²) in [7, 11) is 0. The van der Waals surface area contributed by atoms with Crippen LogP contribution in [0, 0.1) is 23.1 Å². The van der Waals surface area contributed by atoms with Gasteiger partial charge in [0.25, 0.3) is 0 Å². The molecule has 1 aromatic rings. The molecule has 2 aliphatic heterocycles. The molecular formula is C25H30ClFN4O4. The minimum atomic E-state index is -0.872. The first-order valence-electron chi connectivity index (χ1n) is 11.6. The average Bonchev–Trinajstić information content (AvgIpc) is 3.37. The maximum atomic E-state index is 14.1. The lowest BCUT2D eigenvalue weighted by molar-refractivity contribution is -0.135. The van der Waals surface area contributed by atoms with Gasteiger partial charge in [-0.3, -0.25) is 14.4 Å². The van der Waals surface area contributed by atoms with Crippen LogP contribution in [-0.4, -0.2) is 59.5 Å². The summed E-state index contributed by atoms with van der Waals surface area (Å²) in [5, 5.41) is 15.2. The van der Waals surface area contributed by atoms with E-state index in [4.69, 9.17) is 16.3 Å². The van der Waals surface area contributed by atoms with Gasteiger partial charge in [-0.25, -0.2) is 4.39 Å². The Morgan fingerprint density at radius 2 is 2.17 bits per heavy atom. The van der Waals surface area contributed by atoms with Gasteiger partial charge in [-0.1, -0.05) is 17.7 Å².